The van der Waals surface area contributed by atoms with E-state index in [0.29, 0.717) is 24.4 Å². The van der Waals surface area contributed by atoms with E-state index in [2.05, 4.69) is 10.3 Å². The van der Waals surface area contributed by atoms with Crippen molar-refractivity contribution >= 4 is 17.2 Å². The van der Waals surface area contributed by atoms with Crippen molar-refractivity contribution in [3.8, 4) is 0 Å². The molecule has 0 spiro atoms. The number of hydrogen-bond donors (Lipinski definition) is 1. The SMILES string of the molecule is Cc1nc(Cc2ccc(F)cc2)sc1C(=O)NCCCOCC1CC1. The smallest absolute Gasteiger partial charge is 0.263 e. The van der Waals surface area contributed by atoms with Gasteiger partial charge in [0, 0.05) is 26.2 Å². The molecule has 3 rings (SSSR count). The third-order valence-electron chi connectivity index (χ3n) is 4.12. The van der Waals surface area contributed by atoms with Crippen molar-refractivity contribution in [3.63, 3.8) is 0 Å². The molecular formula is C19H23FN2O2S. The van der Waals surface area contributed by atoms with E-state index in [1.807, 2.05) is 6.92 Å². The van der Waals surface area contributed by atoms with Crippen LogP contribution in [0.1, 0.15) is 45.2 Å². The van der Waals surface area contributed by atoms with Crippen molar-refractivity contribution in [2.75, 3.05) is 19.8 Å². The maximum Gasteiger partial charge on any atom is 0.263 e. The molecule has 1 amide bonds. The van der Waals surface area contributed by atoms with Crippen molar-refractivity contribution < 1.29 is 13.9 Å². The van der Waals surface area contributed by atoms with Gasteiger partial charge >= 0.3 is 0 Å². The van der Waals surface area contributed by atoms with E-state index in [4.69, 9.17) is 4.74 Å². The summed E-state index contributed by atoms with van der Waals surface area (Å²) in [6.07, 6.45) is 4.01. The Hall–Kier alpha value is -1.79. The lowest BCUT2D eigenvalue weighted by atomic mass is 10.1. The molecule has 1 aromatic heterocycles. The number of benzene rings is 1. The largest absolute Gasteiger partial charge is 0.381 e. The van der Waals surface area contributed by atoms with Gasteiger partial charge in [-0.1, -0.05) is 12.1 Å². The van der Waals surface area contributed by atoms with Crippen molar-refractivity contribution in [3.05, 3.63) is 51.2 Å². The molecule has 6 heteroatoms. The minimum Gasteiger partial charge on any atom is -0.381 e. The number of carbonyl (C=O) groups is 1. The van der Waals surface area contributed by atoms with Gasteiger partial charge in [-0.3, -0.25) is 4.79 Å². The maximum absolute atomic E-state index is 13.0. The monoisotopic (exact) mass is 362 g/mol. The predicted molar refractivity (Wildman–Crippen MR) is 96.6 cm³/mol. The highest BCUT2D eigenvalue weighted by molar-refractivity contribution is 7.13. The highest BCUT2D eigenvalue weighted by atomic mass is 32.1. The first kappa shape index (κ1) is 18.0. The fraction of sp³-hybridized carbons (Fsp3) is 0.474. The van der Waals surface area contributed by atoms with Crippen LogP contribution in [0.15, 0.2) is 24.3 Å². The Morgan fingerprint density at radius 3 is 2.84 bits per heavy atom. The average molecular weight is 362 g/mol. The number of nitrogens with zero attached hydrogens (tertiary/aromatic N) is 1. The number of aryl methyl sites for hydroxylation is 1. The van der Waals surface area contributed by atoms with Crippen LogP contribution in [-0.4, -0.2) is 30.6 Å². The molecule has 134 valence electrons. The van der Waals surface area contributed by atoms with Crippen LogP contribution >= 0.6 is 11.3 Å². The van der Waals surface area contributed by atoms with Gasteiger partial charge in [0.2, 0.25) is 0 Å². The van der Waals surface area contributed by atoms with Gasteiger partial charge in [0.25, 0.3) is 5.91 Å². The number of halogens is 1. The molecule has 25 heavy (non-hydrogen) atoms. The van der Waals surface area contributed by atoms with Gasteiger partial charge in [0.15, 0.2) is 0 Å². The van der Waals surface area contributed by atoms with Gasteiger partial charge in [-0.2, -0.15) is 0 Å². The molecule has 2 aromatic rings. The lowest BCUT2D eigenvalue weighted by Crippen LogP contribution is -2.25. The average Bonchev–Trinajstić information content (AvgIpc) is 3.34. The molecule has 0 bridgehead atoms. The van der Waals surface area contributed by atoms with E-state index in [0.717, 1.165) is 35.2 Å². The van der Waals surface area contributed by atoms with E-state index in [1.54, 1.807) is 12.1 Å². The molecule has 0 aliphatic heterocycles. The van der Waals surface area contributed by atoms with E-state index in [1.165, 1.54) is 36.3 Å². The van der Waals surface area contributed by atoms with Crippen LogP contribution in [0.4, 0.5) is 4.39 Å². The molecular weight excluding hydrogens is 339 g/mol. The van der Waals surface area contributed by atoms with Crippen LogP contribution in [0, 0.1) is 18.7 Å². The number of amides is 1. The van der Waals surface area contributed by atoms with Crippen molar-refractivity contribution in [1.82, 2.24) is 10.3 Å². The molecule has 0 saturated heterocycles. The highest BCUT2D eigenvalue weighted by Gasteiger charge is 2.21. The minimum atomic E-state index is -0.250. The zero-order valence-corrected chi connectivity index (χ0v) is 15.2. The van der Waals surface area contributed by atoms with Crippen LogP contribution in [0.2, 0.25) is 0 Å². The van der Waals surface area contributed by atoms with Gasteiger partial charge < -0.3 is 10.1 Å². The molecule has 1 aliphatic carbocycles. The van der Waals surface area contributed by atoms with Gasteiger partial charge in [-0.05, 0) is 49.8 Å². The molecule has 1 N–H and O–H groups in total. The lowest BCUT2D eigenvalue weighted by molar-refractivity contribution is 0.0940. The fourth-order valence-electron chi connectivity index (χ4n) is 2.51. The maximum atomic E-state index is 13.0. The Labute approximate surface area is 151 Å². The number of ether oxygens (including phenoxy) is 1. The second-order valence-electron chi connectivity index (χ2n) is 6.45. The summed E-state index contributed by atoms with van der Waals surface area (Å²) in [6.45, 7) is 4.00. The number of thiazole rings is 1. The van der Waals surface area contributed by atoms with Crippen LogP contribution in [-0.2, 0) is 11.2 Å². The first-order valence-corrected chi connectivity index (χ1v) is 9.50. The Morgan fingerprint density at radius 1 is 1.36 bits per heavy atom. The first-order valence-electron chi connectivity index (χ1n) is 8.68. The predicted octanol–water partition coefficient (Wildman–Crippen LogP) is 3.73. The fourth-order valence-corrected chi connectivity index (χ4v) is 3.52. The molecule has 0 radical (unpaired) electrons. The second-order valence-corrected chi connectivity index (χ2v) is 7.54. The van der Waals surface area contributed by atoms with Crippen LogP contribution in [0.5, 0.6) is 0 Å². The number of rotatable bonds is 9. The molecule has 1 aromatic carbocycles. The summed E-state index contributed by atoms with van der Waals surface area (Å²) in [5, 5.41) is 3.79. The van der Waals surface area contributed by atoms with E-state index >= 15 is 0 Å². The van der Waals surface area contributed by atoms with Crippen LogP contribution in [0.25, 0.3) is 0 Å². The van der Waals surface area contributed by atoms with Gasteiger partial charge in [0.05, 0.1) is 10.7 Å². The lowest BCUT2D eigenvalue weighted by Gasteiger charge is -2.05. The van der Waals surface area contributed by atoms with Gasteiger partial charge in [-0.25, -0.2) is 9.37 Å². The number of carbonyl (C=O) groups excluding carboxylic acids is 1. The summed E-state index contributed by atoms with van der Waals surface area (Å²) in [7, 11) is 0. The third-order valence-corrected chi connectivity index (χ3v) is 5.27. The number of nitrogens with one attached hydrogen (secondary N) is 1. The minimum absolute atomic E-state index is 0.0810. The van der Waals surface area contributed by atoms with Crippen LogP contribution < -0.4 is 5.32 Å². The number of hydrogen-bond acceptors (Lipinski definition) is 4. The van der Waals surface area contributed by atoms with E-state index in [-0.39, 0.29) is 11.7 Å². The normalized spacial score (nSPS) is 13.8. The van der Waals surface area contributed by atoms with Crippen molar-refractivity contribution in [1.29, 1.82) is 0 Å². The Bertz CT molecular complexity index is 711. The summed E-state index contributed by atoms with van der Waals surface area (Å²) in [6, 6.07) is 6.37. The molecule has 0 unspecified atom stereocenters. The summed E-state index contributed by atoms with van der Waals surface area (Å²) in [5.74, 6) is 0.441. The summed E-state index contributed by atoms with van der Waals surface area (Å²) in [4.78, 5) is 17.4. The summed E-state index contributed by atoms with van der Waals surface area (Å²) >= 11 is 1.40. The topological polar surface area (TPSA) is 51.2 Å². The Morgan fingerprint density at radius 2 is 2.12 bits per heavy atom. The Kier molecular flexibility index (Phi) is 6.15. The molecule has 4 nitrogen and oxygen atoms in total. The standard InChI is InChI=1S/C19H23FN2O2S/c1-13-18(19(23)21-9-2-10-24-12-15-3-4-15)25-17(22-13)11-14-5-7-16(20)8-6-14/h5-8,15H,2-4,9-12H2,1H3,(H,21,23). The quantitative estimate of drug-likeness (QED) is 0.692. The van der Waals surface area contributed by atoms with Gasteiger partial charge in [0.1, 0.15) is 10.7 Å². The van der Waals surface area contributed by atoms with Gasteiger partial charge in [-0.15, -0.1) is 11.3 Å². The first-order chi connectivity index (χ1) is 12.1. The Balaban J connectivity index is 1.45. The highest BCUT2D eigenvalue weighted by Crippen LogP contribution is 2.28. The van der Waals surface area contributed by atoms with E-state index < -0.39 is 0 Å². The zero-order valence-electron chi connectivity index (χ0n) is 14.4. The second kappa shape index (κ2) is 8.54. The molecule has 1 heterocycles. The molecule has 1 saturated carbocycles. The van der Waals surface area contributed by atoms with E-state index in [9.17, 15) is 9.18 Å². The molecule has 1 fully saturated rings. The third kappa shape index (κ3) is 5.61. The summed E-state index contributed by atoms with van der Waals surface area (Å²) in [5.41, 5.74) is 1.72. The summed E-state index contributed by atoms with van der Waals surface area (Å²) < 4.78 is 18.5. The van der Waals surface area contributed by atoms with Crippen molar-refractivity contribution in [2.45, 2.75) is 32.6 Å². The molecule has 0 atom stereocenters. The van der Waals surface area contributed by atoms with Crippen LogP contribution in [0.3, 0.4) is 0 Å². The molecule has 1 aliphatic rings. The van der Waals surface area contributed by atoms with Crippen molar-refractivity contribution in [2.24, 2.45) is 5.92 Å². The zero-order chi connectivity index (χ0) is 17.6. The number of aromatic nitrogens is 1.